The van der Waals surface area contributed by atoms with E-state index in [2.05, 4.69) is 42.5 Å². The van der Waals surface area contributed by atoms with Crippen LogP contribution < -0.4 is 0 Å². The number of nitrogens with one attached hydrogen (secondary N) is 1. The van der Waals surface area contributed by atoms with Crippen molar-refractivity contribution in [3.05, 3.63) is 80.2 Å². The van der Waals surface area contributed by atoms with Crippen molar-refractivity contribution < 1.29 is 26.2 Å². The number of hydrogen-bond acceptors (Lipinski definition) is 0. The summed E-state index contributed by atoms with van der Waals surface area (Å²) in [4.78, 5) is 0. The fraction of sp³-hybridized carbons (Fsp3) is 0.263. The van der Waals surface area contributed by atoms with E-state index in [0.29, 0.717) is 0 Å². The zero-order valence-corrected chi connectivity index (χ0v) is 16.2. The molecular formula is C19H25NZr. The van der Waals surface area contributed by atoms with Crippen molar-refractivity contribution in [3.63, 3.8) is 0 Å². The van der Waals surface area contributed by atoms with Gasteiger partial charge < -0.3 is 20.6 Å². The third-order valence-electron chi connectivity index (χ3n) is 2.62. The van der Waals surface area contributed by atoms with Crippen LogP contribution in [0.2, 0.25) is 0 Å². The molecule has 0 bridgehead atoms. The summed E-state index contributed by atoms with van der Waals surface area (Å²) in [5, 5.41) is 0. The Hall–Kier alpha value is -0.717. The monoisotopic (exact) mass is 357 g/mol. The fourth-order valence-corrected chi connectivity index (χ4v) is 2.00. The molecule has 0 radical (unpaired) electrons. The van der Waals surface area contributed by atoms with Gasteiger partial charge in [0.25, 0.3) is 0 Å². The Labute approximate surface area is 150 Å². The molecule has 0 saturated carbocycles. The van der Waals surface area contributed by atoms with Crippen LogP contribution in [0.15, 0.2) is 42.5 Å². The molecule has 21 heavy (non-hydrogen) atoms. The molecule has 2 aromatic carbocycles. The SMILES string of the molecule is CC(C)(C)[NH-].[CH3-].[CH3-].[Zr+4].[c-]1cccc2c1Cc1ccccc1-2. The molecule has 1 N–H and O–H groups in total. The van der Waals surface area contributed by atoms with Crippen molar-refractivity contribution >= 4 is 0 Å². The van der Waals surface area contributed by atoms with Gasteiger partial charge in [-0.15, -0.1) is 11.1 Å². The van der Waals surface area contributed by atoms with Gasteiger partial charge in [0, 0.05) is 0 Å². The third kappa shape index (κ3) is 6.72. The summed E-state index contributed by atoms with van der Waals surface area (Å²) in [6.07, 6.45) is 1.05. The van der Waals surface area contributed by atoms with E-state index in [1.54, 1.807) is 0 Å². The molecule has 0 heterocycles. The van der Waals surface area contributed by atoms with Crippen LogP contribution in [-0.4, -0.2) is 5.54 Å². The van der Waals surface area contributed by atoms with Crippen molar-refractivity contribution in [3.8, 4) is 11.1 Å². The summed E-state index contributed by atoms with van der Waals surface area (Å²) in [6.45, 7) is 5.56. The molecular weight excluding hydrogens is 333 g/mol. The van der Waals surface area contributed by atoms with Gasteiger partial charge in [-0.3, -0.25) is 0 Å². The van der Waals surface area contributed by atoms with Gasteiger partial charge in [0.05, 0.1) is 0 Å². The Morgan fingerprint density at radius 2 is 1.48 bits per heavy atom. The molecule has 0 saturated heterocycles. The van der Waals surface area contributed by atoms with Crippen LogP contribution in [0.3, 0.4) is 0 Å². The third-order valence-corrected chi connectivity index (χ3v) is 2.62. The van der Waals surface area contributed by atoms with Crippen molar-refractivity contribution in [2.75, 3.05) is 0 Å². The van der Waals surface area contributed by atoms with E-state index in [9.17, 15) is 0 Å². The molecule has 1 nitrogen and oxygen atoms in total. The van der Waals surface area contributed by atoms with E-state index >= 15 is 0 Å². The number of hydrogen-bond donors (Lipinski definition) is 0. The van der Waals surface area contributed by atoms with Gasteiger partial charge in [-0.25, -0.2) is 0 Å². The van der Waals surface area contributed by atoms with Gasteiger partial charge in [-0.1, -0.05) is 56.2 Å². The Bertz CT molecular complexity index is 492. The van der Waals surface area contributed by atoms with Crippen LogP contribution >= 0.6 is 0 Å². The number of fused-ring (bicyclic) bond motifs is 3. The second-order valence-electron chi connectivity index (χ2n) is 5.65. The van der Waals surface area contributed by atoms with Gasteiger partial charge in [-0.2, -0.15) is 29.8 Å². The molecule has 0 unspecified atom stereocenters. The Balaban J connectivity index is 0. The van der Waals surface area contributed by atoms with Crippen LogP contribution in [-0.2, 0) is 32.6 Å². The summed E-state index contributed by atoms with van der Waals surface area (Å²) >= 11 is 0. The molecule has 1 aliphatic rings. The maximum Gasteiger partial charge on any atom is 4.00 e. The van der Waals surface area contributed by atoms with Gasteiger partial charge in [0.2, 0.25) is 0 Å². The van der Waals surface area contributed by atoms with E-state index in [4.69, 9.17) is 5.73 Å². The second-order valence-corrected chi connectivity index (χ2v) is 5.65. The first-order valence-corrected chi connectivity index (χ1v) is 6.28. The molecule has 0 spiro atoms. The van der Waals surface area contributed by atoms with Gasteiger partial charge in [0.15, 0.2) is 0 Å². The van der Waals surface area contributed by atoms with Crippen LogP contribution in [0, 0.1) is 20.9 Å². The van der Waals surface area contributed by atoms with Crippen molar-refractivity contribution in [2.45, 2.75) is 32.7 Å². The van der Waals surface area contributed by atoms with Crippen LogP contribution in [0.5, 0.6) is 0 Å². The standard InChI is InChI=1S/C13H9.C4H10N.2CH3.Zr/c1-3-7-12-10(5-1)9-11-6-2-4-8-13(11)12;1-4(2,3)5;;;/h1-5,7-8H,9H2;5H,1-3H3;2*1H3;/q4*-1;+4. The molecule has 0 aliphatic heterocycles. The van der Waals surface area contributed by atoms with E-state index in [1.165, 1.54) is 22.3 Å². The topological polar surface area (TPSA) is 23.8 Å². The van der Waals surface area contributed by atoms with E-state index in [1.807, 2.05) is 26.8 Å². The summed E-state index contributed by atoms with van der Waals surface area (Å²) in [5.74, 6) is 0. The van der Waals surface area contributed by atoms with Crippen LogP contribution in [0.1, 0.15) is 31.9 Å². The summed E-state index contributed by atoms with van der Waals surface area (Å²) < 4.78 is 0. The molecule has 110 valence electrons. The minimum Gasteiger partial charge on any atom is -0.673 e. The molecule has 2 heteroatoms. The normalized spacial score (nSPS) is 10.5. The largest absolute Gasteiger partial charge is 4.00 e. The molecule has 0 amide bonds. The second kappa shape index (κ2) is 9.33. The zero-order valence-electron chi connectivity index (χ0n) is 13.7. The number of benzene rings is 2. The van der Waals surface area contributed by atoms with E-state index in [-0.39, 0.29) is 46.6 Å². The first-order valence-electron chi connectivity index (χ1n) is 6.28. The minimum absolute atomic E-state index is 0. The summed E-state index contributed by atoms with van der Waals surface area (Å²) in [5.41, 5.74) is 12.2. The molecule has 0 fully saturated rings. The molecule has 2 aromatic rings. The van der Waals surface area contributed by atoms with Crippen LogP contribution in [0.25, 0.3) is 16.9 Å². The first-order chi connectivity index (χ1) is 8.45. The Morgan fingerprint density at radius 3 is 2.10 bits per heavy atom. The van der Waals surface area contributed by atoms with Crippen molar-refractivity contribution in [1.82, 2.24) is 0 Å². The van der Waals surface area contributed by atoms with Crippen molar-refractivity contribution in [2.24, 2.45) is 0 Å². The summed E-state index contributed by atoms with van der Waals surface area (Å²) in [6, 6.07) is 18.1. The minimum atomic E-state index is -0.250. The fourth-order valence-electron chi connectivity index (χ4n) is 2.00. The molecule has 1 aliphatic carbocycles. The maximum atomic E-state index is 6.94. The average Bonchev–Trinajstić information content (AvgIpc) is 2.65. The molecule has 0 atom stereocenters. The van der Waals surface area contributed by atoms with E-state index < -0.39 is 0 Å². The maximum absolute atomic E-state index is 6.94. The number of rotatable bonds is 0. The van der Waals surface area contributed by atoms with Crippen LogP contribution in [0.4, 0.5) is 0 Å². The zero-order chi connectivity index (χ0) is 13.2. The Kier molecular flexibility index (Phi) is 10.0. The Morgan fingerprint density at radius 1 is 0.952 bits per heavy atom. The molecule has 3 rings (SSSR count). The smallest absolute Gasteiger partial charge is 0.673 e. The molecule has 0 aromatic heterocycles. The van der Waals surface area contributed by atoms with Gasteiger partial charge in [-0.05, 0) is 6.42 Å². The van der Waals surface area contributed by atoms with Gasteiger partial charge in [0.1, 0.15) is 0 Å². The van der Waals surface area contributed by atoms with Gasteiger partial charge >= 0.3 is 26.2 Å². The average molecular weight is 359 g/mol. The quantitative estimate of drug-likeness (QED) is 0.454. The van der Waals surface area contributed by atoms with E-state index in [0.717, 1.165) is 6.42 Å². The predicted molar refractivity (Wildman–Crippen MR) is 90.4 cm³/mol. The van der Waals surface area contributed by atoms with Crippen molar-refractivity contribution in [1.29, 1.82) is 0 Å². The first kappa shape index (κ1) is 22.6. The predicted octanol–water partition coefficient (Wildman–Crippen LogP) is 5.79. The summed E-state index contributed by atoms with van der Waals surface area (Å²) in [7, 11) is 0.